The van der Waals surface area contributed by atoms with Crippen LogP contribution in [0, 0.1) is 0 Å². The van der Waals surface area contributed by atoms with Crippen molar-refractivity contribution in [3.63, 3.8) is 0 Å². The zero-order valence-electron chi connectivity index (χ0n) is 24.2. The van der Waals surface area contributed by atoms with Crippen molar-refractivity contribution in [1.29, 1.82) is 0 Å². The van der Waals surface area contributed by atoms with Crippen molar-refractivity contribution in [2.24, 2.45) is 0 Å². The SMILES string of the molecule is CCCCCCCCCCCNc1ccc(Oc2ccc(NCCCCCCCCCCC)cc2)cc1. The summed E-state index contributed by atoms with van der Waals surface area (Å²) in [5, 5.41) is 7.09. The maximum Gasteiger partial charge on any atom is 0.127 e. The van der Waals surface area contributed by atoms with E-state index in [1.54, 1.807) is 0 Å². The molecule has 0 saturated carbocycles. The first-order valence-corrected chi connectivity index (χ1v) is 15.7. The predicted molar refractivity (Wildman–Crippen MR) is 164 cm³/mol. The fourth-order valence-corrected chi connectivity index (χ4v) is 4.75. The van der Waals surface area contributed by atoms with Crippen molar-refractivity contribution in [3.8, 4) is 11.5 Å². The molecule has 2 aromatic rings. The summed E-state index contributed by atoms with van der Waals surface area (Å²) >= 11 is 0. The molecule has 3 nitrogen and oxygen atoms in total. The summed E-state index contributed by atoms with van der Waals surface area (Å²) in [6.45, 7) is 6.65. The van der Waals surface area contributed by atoms with Crippen LogP contribution >= 0.6 is 0 Å². The molecular formula is C34H56N2O. The lowest BCUT2D eigenvalue weighted by atomic mass is 10.1. The fourth-order valence-electron chi connectivity index (χ4n) is 4.75. The molecule has 0 aliphatic heterocycles. The number of rotatable bonds is 24. The second kappa shape index (κ2) is 21.9. The van der Waals surface area contributed by atoms with Gasteiger partial charge in [-0.15, -0.1) is 0 Å². The number of nitrogens with one attached hydrogen (secondary N) is 2. The van der Waals surface area contributed by atoms with Gasteiger partial charge in [0.15, 0.2) is 0 Å². The summed E-state index contributed by atoms with van der Waals surface area (Å²) in [6.07, 6.45) is 24.6. The topological polar surface area (TPSA) is 33.3 Å². The maximum atomic E-state index is 6.04. The van der Waals surface area contributed by atoms with Crippen LogP contribution in [0.4, 0.5) is 11.4 Å². The third-order valence-electron chi connectivity index (χ3n) is 7.16. The van der Waals surface area contributed by atoms with Gasteiger partial charge in [0, 0.05) is 24.5 Å². The third kappa shape index (κ3) is 16.3. The Hall–Kier alpha value is -2.16. The average Bonchev–Trinajstić information content (AvgIpc) is 2.92. The van der Waals surface area contributed by atoms with Gasteiger partial charge in [-0.05, 0) is 61.4 Å². The van der Waals surface area contributed by atoms with Gasteiger partial charge in [0.05, 0.1) is 0 Å². The molecule has 0 aromatic heterocycles. The molecular weight excluding hydrogens is 452 g/mol. The molecule has 37 heavy (non-hydrogen) atoms. The van der Waals surface area contributed by atoms with Crippen molar-refractivity contribution < 1.29 is 4.74 Å². The van der Waals surface area contributed by atoms with E-state index < -0.39 is 0 Å². The van der Waals surface area contributed by atoms with Crippen molar-refractivity contribution in [1.82, 2.24) is 0 Å². The lowest BCUT2D eigenvalue weighted by Crippen LogP contribution is -2.01. The van der Waals surface area contributed by atoms with E-state index in [-0.39, 0.29) is 0 Å². The standard InChI is InChI=1S/C34H56N2O/c1-3-5-7-9-11-13-15-17-19-29-35-31-21-25-33(26-22-31)37-34-27-23-32(24-28-34)36-30-20-18-16-14-12-10-8-6-4-2/h21-28,35-36H,3-20,29-30H2,1-2H3. The number of ether oxygens (including phenoxy) is 1. The summed E-state index contributed by atoms with van der Waals surface area (Å²) in [7, 11) is 0. The average molecular weight is 509 g/mol. The highest BCUT2D eigenvalue weighted by Gasteiger charge is 2.00. The lowest BCUT2D eigenvalue weighted by molar-refractivity contribution is 0.483. The van der Waals surface area contributed by atoms with E-state index in [0.29, 0.717) is 0 Å². The molecule has 0 bridgehead atoms. The molecule has 0 heterocycles. The summed E-state index contributed by atoms with van der Waals surface area (Å²) < 4.78 is 6.04. The van der Waals surface area contributed by atoms with Crippen LogP contribution in [-0.2, 0) is 0 Å². The number of benzene rings is 2. The van der Waals surface area contributed by atoms with Crippen LogP contribution in [-0.4, -0.2) is 13.1 Å². The van der Waals surface area contributed by atoms with E-state index in [1.165, 1.54) is 127 Å². The lowest BCUT2D eigenvalue weighted by Gasteiger charge is -2.10. The minimum absolute atomic E-state index is 0.879. The van der Waals surface area contributed by atoms with E-state index in [1.807, 2.05) is 0 Å². The molecule has 0 spiro atoms. The maximum absolute atomic E-state index is 6.04. The smallest absolute Gasteiger partial charge is 0.127 e. The minimum atomic E-state index is 0.879. The van der Waals surface area contributed by atoms with Gasteiger partial charge < -0.3 is 15.4 Å². The highest BCUT2D eigenvalue weighted by Crippen LogP contribution is 2.24. The molecule has 0 amide bonds. The highest BCUT2D eigenvalue weighted by molar-refractivity contribution is 5.49. The van der Waals surface area contributed by atoms with Crippen LogP contribution in [0.25, 0.3) is 0 Å². The molecule has 0 saturated heterocycles. The summed E-state index contributed by atoms with van der Waals surface area (Å²) in [6, 6.07) is 16.7. The second-order valence-corrected chi connectivity index (χ2v) is 10.7. The Bertz CT molecular complexity index is 691. The van der Waals surface area contributed by atoms with Gasteiger partial charge in [0.25, 0.3) is 0 Å². The Morgan fingerprint density at radius 3 is 1.03 bits per heavy atom. The normalized spacial score (nSPS) is 11.0. The molecule has 0 aliphatic rings. The molecule has 0 radical (unpaired) electrons. The van der Waals surface area contributed by atoms with E-state index in [0.717, 1.165) is 24.6 Å². The van der Waals surface area contributed by atoms with Crippen LogP contribution < -0.4 is 15.4 Å². The van der Waals surface area contributed by atoms with Gasteiger partial charge in [-0.1, -0.05) is 117 Å². The number of hydrogen-bond donors (Lipinski definition) is 2. The molecule has 2 aromatic carbocycles. The van der Waals surface area contributed by atoms with Crippen LogP contribution in [0.1, 0.15) is 129 Å². The van der Waals surface area contributed by atoms with Crippen molar-refractivity contribution >= 4 is 11.4 Å². The van der Waals surface area contributed by atoms with Gasteiger partial charge in [0.1, 0.15) is 11.5 Å². The van der Waals surface area contributed by atoms with Gasteiger partial charge in [0.2, 0.25) is 0 Å². The van der Waals surface area contributed by atoms with Crippen molar-refractivity contribution in [2.75, 3.05) is 23.7 Å². The quantitative estimate of drug-likeness (QED) is 0.138. The largest absolute Gasteiger partial charge is 0.457 e. The van der Waals surface area contributed by atoms with Crippen LogP contribution in [0.3, 0.4) is 0 Å². The van der Waals surface area contributed by atoms with E-state index >= 15 is 0 Å². The Kier molecular flexibility index (Phi) is 18.4. The van der Waals surface area contributed by atoms with Crippen LogP contribution in [0.5, 0.6) is 11.5 Å². The number of anilines is 2. The second-order valence-electron chi connectivity index (χ2n) is 10.7. The summed E-state index contributed by atoms with van der Waals surface area (Å²) in [4.78, 5) is 0. The molecule has 3 heteroatoms. The van der Waals surface area contributed by atoms with Gasteiger partial charge >= 0.3 is 0 Å². The first kappa shape index (κ1) is 31.1. The Morgan fingerprint density at radius 1 is 0.405 bits per heavy atom. The van der Waals surface area contributed by atoms with Gasteiger partial charge in [-0.25, -0.2) is 0 Å². The molecule has 0 fully saturated rings. The van der Waals surface area contributed by atoms with Gasteiger partial charge in [-0.2, -0.15) is 0 Å². The first-order valence-electron chi connectivity index (χ1n) is 15.7. The molecule has 2 rings (SSSR count). The molecule has 0 aliphatic carbocycles. The first-order chi connectivity index (χ1) is 18.3. The van der Waals surface area contributed by atoms with E-state index in [9.17, 15) is 0 Å². The van der Waals surface area contributed by atoms with Crippen LogP contribution in [0.15, 0.2) is 48.5 Å². The minimum Gasteiger partial charge on any atom is -0.457 e. The van der Waals surface area contributed by atoms with Crippen molar-refractivity contribution in [2.45, 2.75) is 129 Å². The van der Waals surface area contributed by atoms with E-state index in [4.69, 9.17) is 4.74 Å². The Labute approximate surface area is 229 Å². The van der Waals surface area contributed by atoms with Crippen molar-refractivity contribution in [3.05, 3.63) is 48.5 Å². The third-order valence-corrected chi connectivity index (χ3v) is 7.16. The highest BCUT2D eigenvalue weighted by atomic mass is 16.5. The molecule has 0 unspecified atom stereocenters. The zero-order valence-corrected chi connectivity index (χ0v) is 24.2. The predicted octanol–water partition coefficient (Wildman–Crippen LogP) is 11.4. The summed E-state index contributed by atoms with van der Waals surface area (Å²) in [5.41, 5.74) is 2.34. The fraction of sp³-hybridized carbons (Fsp3) is 0.647. The monoisotopic (exact) mass is 508 g/mol. The number of hydrogen-bond acceptors (Lipinski definition) is 3. The van der Waals surface area contributed by atoms with E-state index in [2.05, 4.69) is 73.0 Å². The summed E-state index contributed by atoms with van der Waals surface area (Å²) in [5.74, 6) is 1.76. The molecule has 208 valence electrons. The molecule has 0 atom stereocenters. The Balaban J connectivity index is 1.51. The van der Waals surface area contributed by atoms with Crippen LogP contribution in [0.2, 0.25) is 0 Å². The molecule has 2 N–H and O–H groups in total. The van der Waals surface area contributed by atoms with Gasteiger partial charge in [-0.3, -0.25) is 0 Å². The Morgan fingerprint density at radius 2 is 0.703 bits per heavy atom. The zero-order chi connectivity index (χ0) is 26.2. The number of unbranched alkanes of at least 4 members (excludes halogenated alkanes) is 16.